The van der Waals surface area contributed by atoms with Crippen LogP contribution in [0.2, 0.25) is 0 Å². The van der Waals surface area contributed by atoms with Crippen LogP contribution < -0.4 is 0 Å². The van der Waals surface area contributed by atoms with Crippen molar-refractivity contribution in [3.63, 3.8) is 0 Å². The molecule has 3 rings (SSSR count). The van der Waals surface area contributed by atoms with Crippen LogP contribution in [0.3, 0.4) is 0 Å². The van der Waals surface area contributed by atoms with Gasteiger partial charge in [-0.3, -0.25) is 9.59 Å². The number of benzene rings is 3. The second kappa shape index (κ2) is 8.38. The molecule has 0 aliphatic rings. The van der Waals surface area contributed by atoms with Gasteiger partial charge in [0, 0.05) is 21.6 Å². The smallest absolute Gasteiger partial charge is 0.203 e. The van der Waals surface area contributed by atoms with Crippen molar-refractivity contribution < 1.29 is 14.7 Å². The summed E-state index contributed by atoms with van der Waals surface area (Å²) in [5.41, 5.74) is -1.31. The predicted molar refractivity (Wildman–Crippen MR) is 113 cm³/mol. The minimum Gasteiger partial charge on any atom is -0.373 e. The van der Waals surface area contributed by atoms with Crippen molar-refractivity contribution in [3.05, 3.63) is 114 Å². The van der Waals surface area contributed by atoms with E-state index in [1.165, 1.54) is 11.8 Å². The van der Waals surface area contributed by atoms with E-state index in [0.717, 1.165) is 4.90 Å². The fourth-order valence-corrected chi connectivity index (χ4v) is 3.67. The molecule has 3 nitrogen and oxygen atoms in total. The van der Waals surface area contributed by atoms with Gasteiger partial charge in [0.05, 0.1) is 0 Å². The normalized spacial score (nSPS) is 12.8. The molecule has 0 fully saturated rings. The predicted octanol–water partition coefficient (Wildman–Crippen LogP) is 4.92. The van der Waals surface area contributed by atoms with Gasteiger partial charge in [0.2, 0.25) is 5.78 Å². The van der Waals surface area contributed by atoms with Gasteiger partial charge in [-0.25, -0.2) is 0 Å². The highest BCUT2D eigenvalue weighted by Crippen LogP contribution is 2.35. The standard InChI is InChI=1S/C24H20O3S/c1-17(22(25)20-15-9-10-16-21(20)28-2)24(27,19-13-7-4-8-14-19)23(26)18-11-5-3-6-12-18/h3-16,27H,1H2,2H3. The van der Waals surface area contributed by atoms with Gasteiger partial charge >= 0.3 is 0 Å². The van der Waals surface area contributed by atoms with Crippen molar-refractivity contribution in [2.75, 3.05) is 6.26 Å². The van der Waals surface area contributed by atoms with Gasteiger partial charge in [-0.05, 0) is 24.0 Å². The van der Waals surface area contributed by atoms with Gasteiger partial charge in [0.25, 0.3) is 0 Å². The Morgan fingerprint density at radius 2 is 1.39 bits per heavy atom. The summed E-state index contributed by atoms with van der Waals surface area (Å²) in [5, 5.41) is 11.6. The number of thioether (sulfide) groups is 1. The zero-order chi connectivity index (χ0) is 20.1. The number of carbonyl (C=O) groups is 2. The van der Waals surface area contributed by atoms with E-state index in [1.54, 1.807) is 72.8 Å². The van der Waals surface area contributed by atoms with E-state index in [9.17, 15) is 14.7 Å². The lowest BCUT2D eigenvalue weighted by Gasteiger charge is -2.29. The van der Waals surface area contributed by atoms with Gasteiger partial charge in [-0.1, -0.05) is 79.4 Å². The quantitative estimate of drug-likeness (QED) is 0.355. The molecular weight excluding hydrogens is 368 g/mol. The molecule has 0 bridgehead atoms. The average Bonchev–Trinajstić information content (AvgIpc) is 2.78. The third kappa shape index (κ3) is 3.57. The van der Waals surface area contributed by atoms with Crippen LogP contribution in [-0.4, -0.2) is 22.9 Å². The minimum atomic E-state index is -2.16. The number of Topliss-reactive ketones (excluding diaryl/α,β-unsaturated/α-hetero) is 2. The molecule has 0 spiro atoms. The largest absolute Gasteiger partial charge is 0.373 e. The Balaban J connectivity index is 2.13. The molecule has 0 saturated heterocycles. The Kier molecular flexibility index (Phi) is 5.93. The van der Waals surface area contributed by atoms with Crippen molar-refractivity contribution in [3.8, 4) is 0 Å². The molecule has 1 N–H and O–H groups in total. The van der Waals surface area contributed by atoms with E-state index in [0.29, 0.717) is 16.7 Å². The van der Waals surface area contributed by atoms with E-state index in [4.69, 9.17) is 0 Å². The lowest BCUT2D eigenvalue weighted by molar-refractivity contribution is 0.0449. The first-order valence-corrected chi connectivity index (χ1v) is 9.97. The monoisotopic (exact) mass is 388 g/mol. The van der Waals surface area contributed by atoms with Crippen molar-refractivity contribution >= 4 is 23.3 Å². The van der Waals surface area contributed by atoms with Crippen LogP contribution in [-0.2, 0) is 5.60 Å². The van der Waals surface area contributed by atoms with Crippen LogP contribution in [0, 0.1) is 0 Å². The Morgan fingerprint density at radius 1 is 0.857 bits per heavy atom. The highest BCUT2D eigenvalue weighted by atomic mass is 32.2. The van der Waals surface area contributed by atoms with Crippen LogP contribution in [0.5, 0.6) is 0 Å². The molecular formula is C24H20O3S. The van der Waals surface area contributed by atoms with Crippen LogP contribution >= 0.6 is 11.8 Å². The summed E-state index contributed by atoms with van der Waals surface area (Å²) >= 11 is 1.42. The topological polar surface area (TPSA) is 54.4 Å². The molecule has 1 unspecified atom stereocenters. The summed E-state index contributed by atoms with van der Waals surface area (Å²) in [4.78, 5) is 27.3. The molecule has 0 aliphatic carbocycles. The first-order valence-electron chi connectivity index (χ1n) is 8.75. The first kappa shape index (κ1) is 19.8. The number of hydrogen-bond acceptors (Lipinski definition) is 4. The molecule has 4 heteroatoms. The molecule has 0 heterocycles. The lowest BCUT2D eigenvalue weighted by Crippen LogP contribution is -2.40. The Morgan fingerprint density at radius 3 is 2.00 bits per heavy atom. The van der Waals surface area contributed by atoms with Gasteiger partial charge in [0.1, 0.15) is 0 Å². The van der Waals surface area contributed by atoms with Crippen LogP contribution in [0.4, 0.5) is 0 Å². The zero-order valence-electron chi connectivity index (χ0n) is 15.5. The fourth-order valence-electron chi connectivity index (χ4n) is 3.08. The Labute approximate surface area is 168 Å². The molecule has 0 aliphatic heterocycles. The van der Waals surface area contributed by atoms with Crippen molar-refractivity contribution in [1.82, 2.24) is 0 Å². The van der Waals surface area contributed by atoms with E-state index in [1.807, 2.05) is 18.4 Å². The number of ketones is 2. The summed E-state index contributed by atoms with van der Waals surface area (Å²) in [6.45, 7) is 3.87. The highest BCUT2D eigenvalue weighted by Gasteiger charge is 2.44. The van der Waals surface area contributed by atoms with Crippen LogP contribution in [0.25, 0.3) is 0 Å². The maximum atomic E-state index is 13.3. The number of carbonyl (C=O) groups excluding carboxylic acids is 2. The number of aliphatic hydroxyl groups is 1. The second-order valence-electron chi connectivity index (χ2n) is 6.28. The zero-order valence-corrected chi connectivity index (χ0v) is 16.3. The number of rotatable bonds is 7. The summed E-state index contributed by atoms with van der Waals surface area (Å²) < 4.78 is 0. The molecule has 0 saturated carbocycles. The SMILES string of the molecule is C=C(C(=O)c1ccccc1SC)C(O)(C(=O)c1ccccc1)c1ccccc1. The van der Waals surface area contributed by atoms with Gasteiger partial charge < -0.3 is 5.11 Å². The average molecular weight is 388 g/mol. The van der Waals surface area contributed by atoms with Crippen molar-refractivity contribution in [2.24, 2.45) is 0 Å². The van der Waals surface area contributed by atoms with Crippen molar-refractivity contribution in [1.29, 1.82) is 0 Å². The van der Waals surface area contributed by atoms with Gasteiger partial charge in [-0.15, -0.1) is 11.8 Å². The molecule has 1 atom stereocenters. The van der Waals surface area contributed by atoms with E-state index in [-0.39, 0.29) is 5.57 Å². The highest BCUT2D eigenvalue weighted by molar-refractivity contribution is 7.98. The van der Waals surface area contributed by atoms with E-state index < -0.39 is 17.2 Å². The van der Waals surface area contributed by atoms with Crippen LogP contribution in [0.15, 0.2) is 102 Å². The number of hydrogen-bond donors (Lipinski definition) is 1. The fraction of sp³-hybridized carbons (Fsp3) is 0.0833. The van der Waals surface area contributed by atoms with E-state index >= 15 is 0 Å². The molecule has 3 aromatic carbocycles. The van der Waals surface area contributed by atoms with Gasteiger partial charge in [-0.2, -0.15) is 0 Å². The molecule has 28 heavy (non-hydrogen) atoms. The first-order chi connectivity index (χ1) is 13.5. The molecule has 0 radical (unpaired) electrons. The summed E-state index contributed by atoms with van der Waals surface area (Å²) in [6, 6.07) is 24.0. The maximum absolute atomic E-state index is 13.3. The summed E-state index contributed by atoms with van der Waals surface area (Å²) in [5.74, 6) is -1.04. The minimum absolute atomic E-state index is 0.172. The summed E-state index contributed by atoms with van der Waals surface area (Å²) in [6.07, 6.45) is 1.87. The third-order valence-corrected chi connectivity index (χ3v) is 5.41. The van der Waals surface area contributed by atoms with E-state index in [2.05, 4.69) is 6.58 Å². The van der Waals surface area contributed by atoms with Crippen LogP contribution in [0.1, 0.15) is 26.3 Å². The molecule has 0 aromatic heterocycles. The van der Waals surface area contributed by atoms with Crippen molar-refractivity contribution in [2.45, 2.75) is 10.5 Å². The molecule has 3 aromatic rings. The Hall–Kier alpha value is -2.95. The molecule has 140 valence electrons. The van der Waals surface area contributed by atoms with Gasteiger partial charge in [0.15, 0.2) is 11.4 Å². The lowest BCUT2D eigenvalue weighted by atomic mass is 9.78. The summed E-state index contributed by atoms with van der Waals surface area (Å²) in [7, 11) is 0. The maximum Gasteiger partial charge on any atom is 0.203 e. The third-order valence-electron chi connectivity index (χ3n) is 4.62. The molecule has 0 amide bonds. The Bertz CT molecular complexity index is 1010. The second-order valence-corrected chi connectivity index (χ2v) is 7.13.